The van der Waals surface area contributed by atoms with E-state index in [1.54, 1.807) is 0 Å². The van der Waals surface area contributed by atoms with E-state index in [1.807, 2.05) is 0 Å². The zero-order chi connectivity index (χ0) is 18.7. The van der Waals surface area contributed by atoms with Gasteiger partial charge in [-0.3, -0.25) is 0 Å². The van der Waals surface area contributed by atoms with Gasteiger partial charge in [0.2, 0.25) is 5.88 Å². The molecule has 0 aliphatic carbocycles. The smallest absolute Gasteiger partial charge is 0.358 e. The van der Waals surface area contributed by atoms with Crippen LogP contribution >= 0.6 is 11.6 Å². The standard InChI is InChI=1S/C15H10ClF2N5O3/c16-11-5-6-12(20-19-11)26-7-10-13(15(24)25)21-22-23(10)9-3-1-8(2-4-9)14(17)18/h1-6,14H,7H2,(H,24,25). The Bertz CT molecular complexity index is 916. The quantitative estimate of drug-likeness (QED) is 0.700. The molecule has 3 rings (SSSR count). The number of nitrogens with zero attached hydrogens (tertiary/aromatic N) is 5. The first-order chi connectivity index (χ1) is 12.5. The summed E-state index contributed by atoms with van der Waals surface area (Å²) in [6.45, 7) is -0.235. The van der Waals surface area contributed by atoms with Crippen molar-refractivity contribution in [3.63, 3.8) is 0 Å². The minimum absolute atomic E-state index is 0.110. The number of hydrogen-bond donors (Lipinski definition) is 1. The number of carboxylic acids is 1. The van der Waals surface area contributed by atoms with Gasteiger partial charge in [-0.15, -0.1) is 15.3 Å². The highest BCUT2D eigenvalue weighted by Gasteiger charge is 2.21. The van der Waals surface area contributed by atoms with Gasteiger partial charge in [0.15, 0.2) is 10.8 Å². The third kappa shape index (κ3) is 3.75. The number of aromatic nitrogens is 5. The van der Waals surface area contributed by atoms with Gasteiger partial charge < -0.3 is 9.84 Å². The maximum Gasteiger partial charge on any atom is 0.358 e. The molecule has 0 spiro atoms. The fraction of sp³-hybridized carbons (Fsp3) is 0.133. The Hall–Kier alpha value is -3.14. The Morgan fingerprint density at radius 2 is 1.88 bits per heavy atom. The van der Waals surface area contributed by atoms with Gasteiger partial charge in [-0.25, -0.2) is 18.3 Å². The van der Waals surface area contributed by atoms with Crippen molar-refractivity contribution in [1.82, 2.24) is 25.2 Å². The first-order valence-electron chi connectivity index (χ1n) is 7.14. The number of halogens is 3. The Balaban J connectivity index is 1.90. The van der Waals surface area contributed by atoms with E-state index in [4.69, 9.17) is 16.3 Å². The minimum atomic E-state index is -2.61. The summed E-state index contributed by atoms with van der Waals surface area (Å²) < 4.78 is 31.9. The highest BCUT2D eigenvalue weighted by atomic mass is 35.5. The van der Waals surface area contributed by atoms with Crippen molar-refractivity contribution in [2.24, 2.45) is 0 Å². The number of carbonyl (C=O) groups is 1. The summed E-state index contributed by atoms with van der Waals surface area (Å²) in [5.74, 6) is -1.19. The van der Waals surface area contributed by atoms with Crippen molar-refractivity contribution in [3.05, 3.63) is 58.5 Å². The van der Waals surface area contributed by atoms with Gasteiger partial charge in [0.05, 0.1) is 5.69 Å². The van der Waals surface area contributed by atoms with Gasteiger partial charge in [0, 0.05) is 11.6 Å². The third-order valence-corrected chi connectivity index (χ3v) is 3.52. The Morgan fingerprint density at radius 1 is 1.15 bits per heavy atom. The number of carboxylic acid groups (broad SMARTS) is 1. The molecular formula is C15H10ClF2N5O3. The van der Waals surface area contributed by atoms with Crippen molar-refractivity contribution in [3.8, 4) is 11.6 Å². The molecule has 1 aromatic carbocycles. The van der Waals surface area contributed by atoms with Crippen molar-refractivity contribution >= 4 is 17.6 Å². The molecule has 0 saturated heterocycles. The predicted octanol–water partition coefficient (Wildman–Crippen LogP) is 2.93. The molecule has 0 saturated carbocycles. The van der Waals surface area contributed by atoms with Crippen molar-refractivity contribution in [2.45, 2.75) is 13.0 Å². The normalized spacial score (nSPS) is 10.9. The second-order valence-corrected chi connectivity index (χ2v) is 5.36. The molecule has 134 valence electrons. The summed E-state index contributed by atoms with van der Waals surface area (Å²) in [5, 5.41) is 24.1. The largest absolute Gasteiger partial charge is 0.476 e. The van der Waals surface area contributed by atoms with Gasteiger partial charge in [0.1, 0.15) is 12.3 Å². The molecule has 26 heavy (non-hydrogen) atoms. The van der Waals surface area contributed by atoms with E-state index in [0.29, 0.717) is 5.69 Å². The van der Waals surface area contributed by atoms with Gasteiger partial charge in [-0.05, 0) is 18.2 Å². The van der Waals surface area contributed by atoms with Crippen LogP contribution in [0.4, 0.5) is 8.78 Å². The monoisotopic (exact) mass is 381 g/mol. The molecule has 3 aromatic rings. The molecule has 0 bridgehead atoms. The average Bonchev–Trinajstić information content (AvgIpc) is 3.05. The molecule has 0 aliphatic heterocycles. The Morgan fingerprint density at radius 3 is 2.46 bits per heavy atom. The van der Waals surface area contributed by atoms with Gasteiger partial charge in [-0.1, -0.05) is 28.9 Å². The summed E-state index contributed by atoms with van der Waals surface area (Å²) in [7, 11) is 0. The van der Waals surface area contributed by atoms with E-state index in [1.165, 1.54) is 41.1 Å². The van der Waals surface area contributed by atoms with E-state index >= 15 is 0 Å². The molecule has 11 heteroatoms. The first kappa shape index (κ1) is 17.7. The minimum Gasteiger partial charge on any atom is -0.476 e. The maximum atomic E-state index is 12.7. The van der Waals surface area contributed by atoms with Crippen LogP contribution in [0.15, 0.2) is 36.4 Å². The van der Waals surface area contributed by atoms with E-state index in [0.717, 1.165) is 0 Å². The molecule has 0 aliphatic rings. The van der Waals surface area contributed by atoms with Gasteiger partial charge in [-0.2, -0.15) is 0 Å². The van der Waals surface area contributed by atoms with Crippen LogP contribution in [0, 0.1) is 0 Å². The molecule has 2 aromatic heterocycles. The van der Waals surface area contributed by atoms with Crippen LogP contribution in [-0.4, -0.2) is 36.3 Å². The number of aromatic carboxylic acids is 1. The number of rotatable bonds is 6. The molecule has 0 radical (unpaired) electrons. The Kier molecular flexibility index (Phi) is 5.03. The highest BCUT2D eigenvalue weighted by molar-refractivity contribution is 6.29. The zero-order valence-corrected chi connectivity index (χ0v) is 13.6. The third-order valence-electron chi connectivity index (χ3n) is 3.32. The zero-order valence-electron chi connectivity index (χ0n) is 12.9. The van der Waals surface area contributed by atoms with Crippen LogP contribution in [0.1, 0.15) is 28.2 Å². The number of benzene rings is 1. The fourth-order valence-electron chi connectivity index (χ4n) is 2.09. The number of hydrogen-bond acceptors (Lipinski definition) is 6. The molecule has 0 atom stereocenters. The van der Waals surface area contributed by atoms with Gasteiger partial charge in [0.25, 0.3) is 6.43 Å². The molecule has 0 unspecified atom stereocenters. The molecule has 0 amide bonds. The summed E-state index contributed by atoms with van der Waals surface area (Å²) in [4.78, 5) is 11.3. The van der Waals surface area contributed by atoms with Crippen molar-refractivity contribution in [1.29, 1.82) is 0 Å². The van der Waals surface area contributed by atoms with Crippen LogP contribution in [0.2, 0.25) is 5.15 Å². The van der Waals surface area contributed by atoms with Crippen LogP contribution in [0.5, 0.6) is 5.88 Å². The SMILES string of the molecule is O=C(O)c1nnn(-c2ccc(C(F)F)cc2)c1COc1ccc(Cl)nn1. The van der Waals surface area contributed by atoms with Crippen molar-refractivity contribution in [2.75, 3.05) is 0 Å². The lowest BCUT2D eigenvalue weighted by Crippen LogP contribution is -2.11. The Labute approximate surface area is 150 Å². The summed E-state index contributed by atoms with van der Waals surface area (Å²) in [5.41, 5.74) is -0.0272. The summed E-state index contributed by atoms with van der Waals surface area (Å²) >= 11 is 5.63. The fourth-order valence-corrected chi connectivity index (χ4v) is 2.19. The second-order valence-electron chi connectivity index (χ2n) is 4.98. The average molecular weight is 382 g/mol. The molecular weight excluding hydrogens is 372 g/mol. The number of ether oxygens (including phenoxy) is 1. The van der Waals surface area contributed by atoms with E-state index < -0.39 is 12.4 Å². The molecule has 8 nitrogen and oxygen atoms in total. The van der Waals surface area contributed by atoms with E-state index in [2.05, 4.69) is 20.5 Å². The first-order valence-corrected chi connectivity index (χ1v) is 7.52. The topological polar surface area (TPSA) is 103 Å². The summed E-state index contributed by atoms with van der Waals surface area (Å²) in [6.07, 6.45) is -2.61. The predicted molar refractivity (Wildman–Crippen MR) is 84.6 cm³/mol. The van der Waals surface area contributed by atoms with E-state index in [9.17, 15) is 18.7 Å². The lowest BCUT2D eigenvalue weighted by Gasteiger charge is -2.09. The molecule has 0 fully saturated rings. The number of alkyl halides is 2. The van der Waals surface area contributed by atoms with Crippen LogP contribution in [0.3, 0.4) is 0 Å². The summed E-state index contributed by atoms with van der Waals surface area (Å²) in [6, 6.07) is 8.12. The van der Waals surface area contributed by atoms with Crippen LogP contribution in [-0.2, 0) is 6.61 Å². The second kappa shape index (κ2) is 7.40. The van der Waals surface area contributed by atoms with E-state index in [-0.39, 0.29) is 34.6 Å². The molecule has 1 N–H and O–H groups in total. The van der Waals surface area contributed by atoms with Crippen molar-refractivity contribution < 1.29 is 23.4 Å². The van der Waals surface area contributed by atoms with Crippen LogP contribution in [0.25, 0.3) is 5.69 Å². The highest BCUT2D eigenvalue weighted by Crippen LogP contribution is 2.21. The maximum absolute atomic E-state index is 12.7. The lowest BCUT2D eigenvalue weighted by molar-refractivity contribution is 0.0687. The lowest BCUT2D eigenvalue weighted by atomic mass is 10.2. The molecule has 2 heterocycles. The van der Waals surface area contributed by atoms with Gasteiger partial charge >= 0.3 is 5.97 Å². The van der Waals surface area contributed by atoms with Crippen LogP contribution < -0.4 is 4.74 Å².